The van der Waals surface area contributed by atoms with Crippen LogP contribution in [0.2, 0.25) is 4.34 Å². The van der Waals surface area contributed by atoms with Crippen molar-refractivity contribution in [1.82, 2.24) is 16.2 Å². The Morgan fingerprint density at radius 1 is 1.19 bits per heavy atom. The van der Waals surface area contributed by atoms with Gasteiger partial charge in [0.1, 0.15) is 0 Å². The van der Waals surface area contributed by atoms with Crippen LogP contribution >= 0.6 is 50.2 Å². The van der Waals surface area contributed by atoms with Crippen molar-refractivity contribution in [3.8, 4) is 0 Å². The minimum Gasteiger partial charge on any atom is -0.329 e. The molecule has 5 nitrogen and oxygen atoms in total. The Bertz CT molecular complexity index is 658. The van der Waals surface area contributed by atoms with Gasteiger partial charge in [-0.1, -0.05) is 11.6 Å². The lowest BCUT2D eigenvalue weighted by Crippen LogP contribution is -2.47. The number of rotatable bonds is 3. The molecular formula is C12H11BrClN3O2S2. The summed E-state index contributed by atoms with van der Waals surface area (Å²) in [6, 6.07) is 6.36. The van der Waals surface area contributed by atoms with Crippen LogP contribution < -0.4 is 16.2 Å². The predicted octanol–water partition coefficient (Wildman–Crippen LogP) is 3.93. The van der Waals surface area contributed by atoms with E-state index in [0.717, 1.165) is 8.66 Å². The molecule has 0 aromatic carbocycles. The van der Waals surface area contributed by atoms with Crippen molar-refractivity contribution in [2.75, 3.05) is 0 Å². The van der Waals surface area contributed by atoms with E-state index in [4.69, 9.17) is 11.6 Å². The molecule has 3 N–H and O–H groups in total. The lowest BCUT2D eigenvalue weighted by molar-refractivity contribution is 0.0940. The van der Waals surface area contributed by atoms with Gasteiger partial charge in [0, 0.05) is 4.88 Å². The molecule has 1 unspecified atom stereocenters. The minimum atomic E-state index is -0.490. The zero-order chi connectivity index (χ0) is 15.4. The van der Waals surface area contributed by atoms with Gasteiger partial charge in [-0.15, -0.1) is 22.7 Å². The van der Waals surface area contributed by atoms with Crippen LogP contribution in [0.15, 0.2) is 28.1 Å². The molecule has 0 aliphatic heterocycles. The number of thiophene rings is 2. The molecule has 0 radical (unpaired) electrons. The molecule has 0 saturated heterocycles. The highest BCUT2D eigenvalue weighted by Crippen LogP contribution is 2.26. The Kier molecular flexibility index (Phi) is 5.63. The average molecular weight is 409 g/mol. The summed E-state index contributed by atoms with van der Waals surface area (Å²) < 4.78 is 1.51. The first-order chi connectivity index (χ1) is 9.95. The molecule has 0 bridgehead atoms. The van der Waals surface area contributed by atoms with Gasteiger partial charge < -0.3 is 5.32 Å². The third-order valence-electron chi connectivity index (χ3n) is 2.45. The standard InChI is InChI=1S/C12H11BrClN3O2S2/c1-6(7-3-5-10(14)21-7)15-12(19)17-16-11(18)8-2-4-9(13)20-8/h2-6H,1H3,(H,16,18)(H2,15,17,19). The maximum atomic E-state index is 11.7. The average Bonchev–Trinajstić information content (AvgIpc) is 3.04. The first-order valence-electron chi connectivity index (χ1n) is 5.83. The molecule has 0 saturated carbocycles. The smallest absolute Gasteiger partial charge is 0.329 e. The summed E-state index contributed by atoms with van der Waals surface area (Å²) in [5, 5.41) is 2.70. The quantitative estimate of drug-likeness (QED) is 0.673. The van der Waals surface area contributed by atoms with Crippen molar-refractivity contribution < 1.29 is 9.59 Å². The molecule has 112 valence electrons. The molecular weight excluding hydrogens is 398 g/mol. The van der Waals surface area contributed by atoms with Gasteiger partial charge in [-0.2, -0.15) is 0 Å². The maximum Gasteiger partial charge on any atom is 0.333 e. The van der Waals surface area contributed by atoms with Crippen LogP contribution in [0.25, 0.3) is 0 Å². The van der Waals surface area contributed by atoms with E-state index in [0.29, 0.717) is 9.21 Å². The first-order valence-corrected chi connectivity index (χ1v) is 8.63. The van der Waals surface area contributed by atoms with Crippen LogP contribution in [0.4, 0.5) is 4.79 Å². The van der Waals surface area contributed by atoms with Gasteiger partial charge in [0.2, 0.25) is 0 Å². The number of carbonyl (C=O) groups excluding carboxylic acids is 2. The molecule has 0 aliphatic rings. The van der Waals surface area contributed by atoms with Crippen molar-refractivity contribution in [2.45, 2.75) is 13.0 Å². The molecule has 0 fully saturated rings. The van der Waals surface area contributed by atoms with E-state index in [9.17, 15) is 9.59 Å². The zero-order valence-corrected chi connectivity index (χ0v) is 14.8. The molecule has 2 aromatic rings. The zero-order valence-electron chi connectivity index (χ0n) is 10.8. The number of hydrogen-bond donors (Lipinski definition) is 3. The fraction of sp³-hybridized carbons (Fsp3) is 0.167. The van der Waals surface area contributed by atoms with Crippen molar-refractivity contribution in [3.05, 3.63) is 42.1 Å². The van der Waals surface area contributed by atoms with Crippen LogP contribution in [0, 0.1) is 0 Å². The first kappa shape index (κ1) is 16.3. The molecule has 9 heteroatoms. The monoisotopic (exact) mass is 407 g/mol. The highest BCUT2D eigenvalue weighted by molar-refractivity contribution is 9.11. The number of urea groups is 1. The SMILES string of the molecule is CC(NC(=O)NNC(=O)c1ccc(Br)s1)c1ccc(Cl)s1. The van der Waals surface area contributed by atoms with Gasteiger partial charge in [-0.25, -0.2) is 10.2 Å². The second-order valence-electron chi connectivity index (χ2n) is 4.02. The second kappa shape index (κ2) is 7.26. The van der Waals surface area contributed by atoms with Crippen LogP contribution in [0.5, 0.6) is 0 Å². The van der Waals surface area contributed by atoms with Crippen molar-refractivity contribution >= 4 is 62.1 Å². The van der Waals surface area contributed by atoms with Crippen molar-refractivity contribution in [2.24, 2.45) is 0 Å². The van der Waals surface area contributed by atoms with E-state index in [1.807, 2.05) is 13.0 Å². The van der Waals surface area contributed by atoms with Crippen LogP contribution in [-0.2, 0) is 0 Å². The number of hydrogen-bond acceptors (Lipinski definition) is 4. The molecule has 2 aromatic heterocycles. The summed E-state index contributed by atoms with van der Waals surface area (Å²) in [4.78, 5) is 24.9. The third kappa shape index (κ3) is 4.70. The Hall–Kier alpha value is -1.09. The number of hydrazine groups is 1. The lowest BCUT2D eigenvalue weighted by atomic mass is 10.3. The van der Waals surface area contributed by atoms with Crippen LogP contribution in [0.3, 0.4) is 0 Å². The Morgan fingerprint density at radius 3 is 2.52 bits per heavy atom. The van der Waals surface area contributed by atoms with E-state index in [-0.39, 0.29) is 11.9 Å². The second-order valence-corrected chi connectivity index (χ2v) is 8.23. The van der Waals surface area contributed by atoms with Gasteiger partial charge in [-0.3, -0.25) is 10.2 Å². The molecule has 3 amide bonds. The molecule has 0 spiro atoms. The normalized spacial score (nSPS) is 11.8. The van der Waals surface area contributed by atoms with E-state index >= 15 is 0 Å². The molecule has 2 rings (SSSR count). The number of halogens is 2. The lowest BCUT2D eigenvalue weighted by Gasteiger charge is -2.13. The Labute approximate surface area is 142 Å². The third-order valence-corrected chi connectivity index (χ3v) is 5.49. The minimum absolute atomic E-state index is 0.199. The van der Waals surface area contributed by atoms with E-state index in [1.165, 1.54) is 22.7 Å². The highest BCUT2D eigenvalue weighted by atomic mass is 79.9. The molecule has 1 atom stereocenters. The largest absolute Gasteiger partial charge is 0.333 e. The van der Waals surface area contributed by atoms with Gasteiger partial charge in [0.25, 0.3) is 5.91 Å². The van der Waals surface area contributed by atoms with E-state index < -0.39 is 6.03 Å². The summed E-state index contributed by atoms with van der Waals surface area (Å²) in [6.45, 7) is 1.83. The van der Waals surface area contributed by atoms with Gasteiger partial charge in [0.15, 0.2) is 0 Å². The van der Waals surface area contributed by atoms with Crippen molar-refractivity contribution in [3.63, 3.8) is 0 Å². The Balaban J connectivity index is 1.81. The van der Waals surface area contributed by atoms with E-state index in [2.05, 4.69) is 32.1 Å². The predicted molar refractivity (Wildman–Crippen MR) is 88.9 cm³/mol. The molecule has 21 heavy (non-hydrogen) atoms. The summed E-state index contributed by atoms with van der Waals surface area (Å²) >= 11 is 11.8. The van der Waals surface area contributed by atoms with E-state index in [1.54, 1.807) is 18.2 Å². The Morgan fingerprint density at radius 2 is 1.95 bits per heavy atom. The summed E-state index contributed by atoms with van der Waals surface area (Å²) in [5.41, 5.74) is 4.65. The number of carbonyl (C=O) groups is 2. The topological polar surface area (TPSA) is 70.2 Å². The van der Waals surface area contributed by atoms with Crippen LogP contribution in [0.1, 0.15) is 27.5 Å². The number of amides is 3. The van der Waals surface area contributed by atoms with Gasteiger partial charge in [-0.05, 0) is 47.1 Å². The van der Waals surface area contributed by atoms with Gasteiger partial charge in [0.05, 0.1) is 19.0 Å². The molecule has 0 aliphatic carbocycles. The summed E-state index contributed by atoms with van der Waals surface area (Å²) in [7, 11) is 0. The van der Waals surface area contributed by atoms with Crippen molar-refractivity contribution in [1.29, 1.82) is 0 Å². The fourth-order valence-electron chi connectivity index (χ4n) is 1.48. The number of nitrogens with one attached hydrogen (secondary N) is 3. The maximum absolute atomic E-state index is 11.7. The fourth-order valence-corrected chi connectivity index (χ4v) is 3.82. The molecule has 2 heterocycles. The highest BCUT2D eigenvalue weighted by Gasteiger charge is 2.13. The summed E-state index contributed by atoms with van der Waals surface area (Å²) in [5.74, 6) is -0.368. The van der Waals surface area contributed by atoms with Gasteiger partial charge >= 0.3 is 6.03 Å². The summed E-state index contributed by atoms with van der Waals surface area (Å²) in [6.07, 6.45) is 0. The van der Waals surface area contributed by atoms with Crippen LogP contribution in [-0.4, -0.2) is 11.9 Å².